The van der Waals surface area contributed by atoms with Crippen molar-refractivity contribution in [3.05, 3.63) is 0 Å². The summed E-state index contributed by atoms with van der Waals surface area (Å²) in [5.74, 6) is 0. The predicted molar refractivity (Wildman–Crippen MR) is 29.1 cm³/mol. The van der Waals surface area contributed by atoms with Gasteiger partial charge in [-0.3, -0.25) is 0 Å². The number of hydrogen-bond acceptors (Lipinski definition) is 2. The standard InChI is InChI=1S/C2H7O2P.CH4/c1-3-5-4-2;/h5H,1-2H3;1H4. The maximum atomic E-state index is 4.50. The minimum Gasteiger partial charge on any atom is -0.340 e. The molecule has 0 heterocycles. The second kappa shape index (κ2) is 9.02. The van der Waals surface area contributed by atoms with Crippen LogP contribution in [0.1, 0.15) is 7.43 Å². The van der Waals surface area contributed by atoms with E-state index in [1.807, 2.05) is 0 Å². The van der Waals surface area contributed by atoms with Crippen LogP contribution in [-0.2, 0) is 9.05 Å². The zero-order valence-electron chi connectivity index (χ0n) is 3.32. The van der Waals surface area contributed by atoms with Crippen molar-refractivity contribution in [2.45, 2.75) is 7.43 Å². The van der Waals surface area contributed by atoms with Crippen LogP contribution < -0.4 is 0 Å². The molecule has 0 aromatic carbocycles. The molecule has 0 aromatic rings. The summed E-state index contributed by atoms with van der Waals surface area (Å²) in [4.78, 5) is 0. The highest BCUT2D eigenvalue weighted by atomic mass is 31.1. The summed E-state index contributed by atoms with van der Waals surface area (Å²) < 4.78 is 8.99. The molecular weight excluding hydrogens is 99.0 g/mol. The van der Waals surface area contributed by atoms with E-state index in [0.29, 0.717) is 0 Å². The van der Waals surface area contributed by atoms with Crippen molar-refractivity contribution in [2.24, 2.45) is 0 Å². The molecule has 0 amide bonds. The summed E-state index contributed by atoms with van der Waals surface area (Å²) in [5.41, 5.74) is 0. The Morgan fingerprint density at radius 3 is 1.50 bits per heavy atom. The monoisotopic (exact) mass is 110 g/mol. The van der Waals surface area contributed by atoms with Crippen molar-refractivity contribution in [3.63, 3.8) is 0 Å². The largest absolute Gasteiger partial charge is 0.340 e. The molecule has 3 heteroatoms. The third kappa shape index (κ3) is 8.84. The molecule has 0 spiro atoms. The van der Waals surface area contributed by atoms with E-state index in [2.05, 4.69) is 9.05 Å². The molecule has 0 aromatic heterocycles. The molecular formula is C3H11O2P. The van der Waals surface area contributed by atoms with E-state index >= 15 is 0 Å². The topological polar surface area (TPSA) is 18.5 Å². The van der Waals surface area contributed by atoms with Crippen molar-refractivity contribution in [1.29, 1.82) is 0 Å². The fourth-order valence-electron chi connectivity index (χ4n) is 0.0833. The third-order valence-electron chi connectivity index (χ3n) is 0.167. The van der Waals surface area contributed by atoms with Crippen LogP contribution in [0.15, 0.2) is 0 Å². The van der Waals surface area contributed by atoms with Crippen molar-refractivity contribution in [2.75, 3.05) is 14.2 Å². The van der Waals surface area contributed by atoms with Gasteiger partial charge in [-0.25, -0.2) is 0 Å². The summed E-state index contributed by atoms with van der Waals surface area (Å²) in [6.45, 7) is 0. The molecule has 2 nitrogen and oxygen atoms in total. The molecule has 40 valence electrons. The van der Waals surface area contributed by atoms with Crippen LogP contribution in [0.5, 0.6) is 0 Å². The Morgan fingerprint density at radius 2 is 1.50 bits per heavy atom. The number of hydrogen-bond donors (Lipinski definition) is 0. The highest BCUT2D eigenvalue weighted by Crippen LogP contribution is 2.05. The van der Waals surface area contributed by atoms with E-state index in [-0.39, 0.29) is 16.5 Å². The first kappa shape index (κ1) is 9.61. The quantitative estimate of drug-likeness (QED) is 0.500. The highest BCUT2D eigenvalue weighted by Gasteiger charge is 1.64. The Labute approximate surface area is 40.8 Å². The third-order valence-corrected chi connectivity index (χ3v) is 0.500. The Bertz CT molecular complexity index is 16.3. The lowest BCUT2D eigenvalue weighted by Gasteiger charge is -1.86. The van der Waals surface area contributed by atoms with Gasteiger partial charge in [0.1, 0.15) is 0 Å². The van der Waals surface area contributed by atoms with Crippen LogP contribution in [0.2, 0.25) is 0 Å². The van der Waals surface area contributed by atoms with E-state index < -0.39 is 0 Å². The molecule has 0 aliphatic rings. The normalized spacial score (nSPS) is 7.00. The molecule has 6 heavy (non-hydrogen) atoms. The summed E-state index contributed by atoms with van der Waals surface area (Å²) in [7, 11) is 3.40. The van der Waals surface area contributed by atoms with E-state index in [0.717, 1.165) is 0 Å². The zero-order chi connectivity index (χ0) is 4.12. The van der Waals surface area contributed by atoms with Gasteiger partial charge in [-0.2, -0.15) is 0 Å². The predicted octanol–water partition coefficient (Wildman–Crippen LogP) is 1.42. The van der Waals surface area contributed by atoms with Crippen LogP contribution in [-0.4, -0.2) is 14.2 Å². The van der Waals surface area contributed by atoms with Gasteiger partial charge in [0.15, 0.2) is 9.03 Å². The fourth-order valence-corrected chi connectivity index (χ4v) is 0.250. The molecule has 0 fully saturated rings. The van der Waals surface area contributed by atoms with Gasteiger partial charge in [-0.1, -0.05) is 7.43 Å². The fraction of sp³-hybridized carbons (Fsp3) is 1.00. The summed E-state index contributed by atoms with van der Waals surface area (Å²) in [6, 6.07) is 0. The van der Waals surface area contributed by atoms with E-state index in [4.69, 9.17) is 0 Å². The Kier molecular flexibility index (Phi) is 14.4. The maximum absolute atomic E-state index is 4.50. The molecule has 0 aliphatic heterocycles. The molecule has 0 saturated carbocycles. The maximum Gasteiger partial charge on any atom is 0.154 e. The van der Waals surface area contributed by atoms with E-state index in [9.17, 15) is 0 Å². The minimum atomic E-state index is 0. The molecule has 0 radical (unpaired) electrons. The smallest absolute Gasteiger partial charge is 0.154 e. The second-order valence-corrected chi connectivity index (χ2v) is 1.47. The van der Waals surface area contributed by atoms with Gasteiger partial charge in [-0.05, 0) is 0 Å². The molecule has 0 unspecified atom stereocenters. The molecule has 0 aliphatic carbocycles. The van der Waals surface area contributed by atoms with Gasteiger partial charge in [-0.15, -0.1) is 0 Å². The average molecular weight is 110 g/mol. The Hall–Kier alpha value is 0.350. The van der Waals surface area contributed by atoms with Crippen molar-refractivity contribution < 1.29 is 9.05 Å². The number of rotatable bonds is 2. The van der Waals surface area contributed by atoms with Crippen LogP contribution in [0.4, 0.5) is 0 Å². The van der Waals surface area contributed by atoms with Gasteiger partial charge < -0.3 is 9.05 Å². The van der Waals surface area contributed by atoms with Crippen molar-refractivity contribution >= 4 is 9.03 Å². The van der Waals surface area contributed by atoms with Gasteiger partial charge >= 0.3 is 0 Å². The second-order valence-electron chi connectivity index (χ2n) is 0.492. The van der Waals surface area contributed by atoms with Crippen LogP contribution in [0.25, 0.3) is 0 Å². The lowest BCUT2D eigenvalue weighted by atomic mass is 11.8. The van der Waals surface area contributed by atoms with Crippen LogP contribution in [0, 0.1) is 0 Å². The Balaban J connectivity index is 0. The van der Waals surface area contributed by atoms with Crippen molar-refractivity contribution in [3.8, 4) is 0 Å². The van der Waals surface area contributed by atoms with Crippen molar-refractivity contribution in [1.82, 2.24) is 0 Å². The SMILES string of the molecule is C.COPOC. The van der Waals surface area contributed by atoms with Gasteiger partial charge in [0, 0.05) is 14.2 Å². The average Bonchev–Trinajstić information content (AvgIpc) is 1.41. The molecule has 0 atom stereocenters. The summed E-state index contributed by atoms with van der Waals surface area (Å²) >= 11 is 0. The van der Waals surface area contributed by atoms with Gasteiger partial charge in [0.05, 0.1) is 0 Å². The summed E-state index contributed by atoms with van der Waals surface area (Å²) in [5, 5.41) is 0. The van der Waals surface area contributed by atoms with E-state index in [1.54, 1.807) is 14.2 Å². The lowest BCUT2D eigenvalue weighted by molar-refractivity contribution is 0.362. The van der Waals surface area contributed by atoms with Crippen LogP contribution in [0.3, 0.4) is 0 Å². The molecule has 0 saturated heterocycles. The van der Waals surface area contributed by atoms with E-state index in [1.165, 1.54) is 0 Å². The molecule has 0 N–H and O–H groups in total. The molecule has 0 bridgehead atoms. The van der Waals surface area contributed by atoms with Crippen LogP contribution >= 0.6 is 9.03 Å². The van der Waals surface area contributed by atoms with Gasteiger partial charge in [0.25, 0.3) is 0 Å². The Morgan fingerprint density at radius 1 is 1.17 bits per heavy atom. The molecule has 0 rings (SSSR count). The zero-order valence-corrected chi connectivity index (χ0v) is 4.32. The van der Waals surface area contributed by atoms with Gasteiger partial charge in [0.2, 0.25) is 0 Å². The summed E-state index contributed by atoms with van der Waals surface area (Å²) in [6.07, 6.45) is 0. The first-order chi connectivity index (χ1) is 2.41. The first-order valence-corrected chi connectivity index (χ1v) is 2.04. The minimum absolute atomic E-state index is 0. The lowest BCUT2D eigenvalue weighted by Crippen LogP contribution is -1.60. The first-order valence-electron chi connectivity index (χ1n) is 1.22. The highest BCUT2D eigenvalue weighted by molar-refractivity contribution is 7.26.